The maximum atomic E-state index is 14.3. The summed E-state index contributed by atoms with van der Waals surface area (Å²) in [4.78, 5) is 38.5. The van der Waals surface area contributed by atoms with Gasteiger partial charge in [-0.15, -0.1) is 0 Å². The van der Waals surface area contributed by atoms with Gasteiger partial charge in [0, 0.05) is 62.1 Å². The molecule has 0 bridgehead atoms. The molecule has 2 aliphatic heterocycles. The van der Waals surface area contributed by atoms with E-state index in [0.29, 0.717) is 22.4 Å². The predicted molar refractivity (Wildman–Crippen MR) is 162 cm³/mol. The molecule has 44 heavy (non-hydrogen) atoms. The number of carbonyl (C=O) groups is 2. The second-order valence-corrected chi connectivity index (χ2v) is 11.2. The SMILES string of the molecule is CN1CCN(c2cccc(NC(=O)[C@@H]3c4ccccc4C(=O)N(Cc4ccncc4)[C@H]3c3ccc(C(F)(F)F)cc3)c2)CC1. The third kappa shape index (κ3) is 6.03. The Labute approximate surface area is 253 Å². The van der Waals surface area contributed by atoms with Crippen LogP contribution in [0, 0.1) is 0 Å². The van der Waals surface area contributed by atoms with E-state index in [1.54, 1.807) is 53.7 Å². The Kier molecular flexibility index (Phi) is 8.09. The summed E-state index contributed by atoms with van der Waals surface area (Å²) in [5, 5.41) is 3.07. The largest absolute Gasteiger partial charge is 0.416 e. The zero-order valence-electron chi connectivity index (χ0n) is 24.2. The number of fused-ring (bicyclic) bond motifs is 1. The normalized spacial score (nSPS) is 19.0. The number of amides is 2. The smallest absolute Gasteiger partial charge is 0.369 e. The van der Waals surface area contributed by atoms with Crippen LogP contribution >= 0.6 is 0 Å². The molecule has 4 aromatic rings. The number of nitrogens with one attached hydrogen (secondary N) is 1. The monoisotopic (exact) mass is 599 g/mol. The standard InChI is InChI=1S/C34H32F3N5O2/c1-40-17-19-41(20-18-40)27-6-4-5-26(21-27)39-32(43)30-28-7-2-3-8-29(28)33(44)42(22-23-13-15-38-16-14-23)31(30)24-9-11-25(12-10-24)34(35,36)37/h2-16,21,30-31H,17-20,22H2,1H3,(H,39,43)/t30-,31+/m1/s1. The molecule has 1 fully saturated rings. The lowest BCUT2D eigenvalue weighted by Crippen LogP contribution is -2.45. The van der Waals surface area contributed by atoms with Gasteiger partial charge < -0.3 is 20.0 Å². The summed E-state index contributed by atoms with van der Waals surface area (Å²) in [6.07, 6.45) is -1.29. The van der Waals surface area contributed by atoms with Gasteiger partial charge in [-0.1, -0.05) is 36.4 Å². The van der Waals surface area contributed by atoms with E-state index in [-0.39, 0.29) is 18.4 Å². The van der Waals surface area contributed by atoms with Crippen LogP contribution in [0.3, 0.4) is 0 Å². The number of rotatable bonds is 6. The molecule has 2 amide bonds. The first kappa shape index (κ1) is 29.4. The Balaban J connectivity index is 1.40. The van der Waals surface area contributed by atoms with Crippen LogP contribution < -0.4 is 10.2 Å². The molecule has 10 heteroatoms. The van der Waals surface area contributed by atoms with Gasteiger partial charge in [-0.2, -0.15) is 13.2 Å². The first-order valence-electron chi connectivity index (χ1n) is 14.5. The van der Waals surface area contributed by atoms with Crippen LogP contribution in [0.1, 0.15) is 44.6 Å². The summed E-state index contributed by atoms with van der Waals surface area (Å²) in [6, 6.07) is 22.0. The van der Waals surface area contributed by atoms with Crippen molar-refractivity contribution in [2.75, 3.05) is 43.4 Å². The topological polar surface area (TPSA) is 68.8 Å². The van der Waals surface area contributed by atoms with Crippen LogP contribution in [0.25, 0.3) is 0 Å². The average Bonchev–Trinajstić information content (AvgIpc) is 3.03. The van der Waals surface area contributed by atoms with Crippen molar-refractivity contribution in [3.8, 4) is 0 Å². The van der Waals surface area contributed by atoms with Crippen LogP contribution in [0.4, 0.5) is 24.5 Å². The van der Waals surface area contributed by atoms with E-state index in [0.717, 1.165) is 49.6 Å². The van der Waals surface area contributed by atoms with E-state index in [2.05, 4.69) is 27.1 Å². The first-order chi connectivity index (χ1) is 21.2. The number of anilines is 2. The van der Waals surface area contributed by atoms with Gasteiger partial charge in [0.2, 0.25) is 5.91 Å². The predicted octanol–water partition coefficient (Wildman–Crippen LogP) is 5.97. The molecule has 1 N–H and O–H groups in total. The number of likely N-dealkylation sites (N-methyl/N-ethyl adjacent to an activating group) is 1. The zero-order chi connectivity index (χ0) is 30.8. The van der Waals surface area contributed by atoms with Crippen LogP contribution in [0.5, 0.6) is 0 Å². The number of piperazine rings is 1. The lowest BCUT2D eigenvalue weighted by molar-refractivity contribution is -0.137. The molecule has 0 saturated carbocycles. The third-order valence-electron chi connectivity index (χ3n) is 8.39. The number of nitrogens with zero attached hydrogens (tertiary/aromatic N) is 4. The molecule has 2 aliphatic rings. The highest BCUT2D eigenvalue weighted by Gasteiger charge is 2.44. The van der Waals surface area contributed by atoms with Crippen molar-refractivity contribution in [2.24, 2.45) is 0 Å². The van der Waals surface area contributed by atoms with E-state index in [1.165, 1.54) is 12.1 Å². The Morgan fingerprint density at radius 1 is 0.909 bits per heavy atom. The van der Waals surface area contributed by atoms with Gasteiger partial charge in [0.1, 0.15) is 0 Å². The highest BCUT2D eigenvalue weighted by Crippen LogP contribution is 2.44. The lowest BCUT2D eigenvalue weighted by Gasteiger charge is -2.42. The molecule has 7 nitrogen and oxygen atoms in total. The average molecular weight is 600 g/mol. The second kappa shape index (κ2) is 12.1. The second-order valence-electron chi connectivity index (χ2n) is 11.2. The Morgan fingerprint density at radius 2 is 1.61 bits per heavy atom. The molecule has 1 saturated heterocycles. The minimum absolute atomic E-state index is 0.143. The quantitative estimate of drug-likeness (QED) is 0.296. The number of alkyl halides is 3. The number of hydrogen-bond donors (Lipinski definition) is 1. The van der Waals surface area contributed by atoms with Crippen molar-refractivity contribution < 1.29 is 22.8 Å². The fourth-order valence-electron chi connectivity index (χ4n) is 6.04. The zero-order valence-corrected chi connectivity index (χ0v) is 24.2. The fraction of sp³-hybridized carbons (Fsp3) is 0.265. The Hall–Kier alpha value is -4.70. The maximum absolute atomic E-state index is 14.3. The van der Waals surface area contributed by atoms with E-state index in [9.17, 15) is 22.8 Å². The molecule has 1 aromatic heterocycles. The summed E-state index contributed by atoms with van der Waals surface area (Å²) in [5.74, 6) is -1.55. The van der Waals surface area contributed by atoms with Crippen LogP contribution in [-0.4, -0.2) is 59.8 Å². The molecule has 0 spiro atoms. The molecular weight excluding hydrogens is 567 g/mol. The molecule has 2 atom stereocenters. The van der Waals surface area contributed by atoms with Crippen molar-refractivity contribution in [1.82, 2.24) is 14.8 Å². The van der Waals surface area contributed by atoms with Gasteiger partial charge >= 0.3 is 6.18 Å². The molecule has 226 valence electrons. The van der Waals surface area contributed by atoms with Crippen LogP contribution in [0.2, 0.25) is 0 Å². The third-order valence-corrected chi connectivity index (χ3v) is 8.39. The van der Waals surface area contributed by atoms with E-state index < -0.39 is 23.7 Å². The summed E-state index contributed by atoms with van der Waals surface area (Å²) in [5.41, 5.74) is 2.93. The Bertz CT molecular complexity index is 1640. The number of aromatic nitrogens is 1. The molecule has 0 radical (unpaired) electrons. The molecule has 3 aromatic carbocycles. The number of pyridine rings is 1. The first-order valence-corrected chi connectivity index (χ1v) is 14.5. The summed E-state index contributed by atoms with van der Waals surface area (Å²) in [6.45, 7) is 3.75. The van der Waals surface area contributed by atoms with Gasteiger partial charge in [-0.25, -0.2) is 0 Å². The fourth-order valence-corrected chi connectivity index (χ4v) is 6.04. The van der Waals surface area contributed by atoms with Crippen molar-refractivity contribution in [1.29, 1.82) is 0 Å². The van der Waals surface area contributed by atoms with Gasteiger partial charge in [-0.3, -0.25) is 14.6 Å². The molecule has 6 rings (SSSR count). The van der Waals surface area contributed by atoms with E-state index in [1.807, 2.05) is 24.3 Å². The van der Waals surface area contributed by atoms with Crippen LogP contribution in [0.15, 0.2) is 97.3 Å². The minimum Gasteiger partial charge on any atom is -0.369 e. The number of carbonyl (C=O) groups excluding carboxylic acids is 2. The van der Waals surface area contributed by atoms with Crippen molar-refractivity contribution in [3.63, 3.8) is 0 Å². The maximum Gasteiger partial charge on any atom is 0.416 e. The highest BCUT2D eigenvalue weighted by atomic mass is 19.4. The van der Waals surface area contributed by atoms with Crippen molar-refractivity contribution in [2.45, 2.75) is 24.7 Å². The molecule has 3 heterocycles. The van der Waals surface area contributed by atoms with Gasteiger partial charge in [0.25, 0.3) is 5.91 Å². The Morgan fingerprint density at radius 3 is 2.32 bits per heavy atom. The van der Waals surface area contributed by atoms with E-state index >= 15 is 0 Å². The minimum atomic E-state index is -4.52. The van der Waals surface area contributed by atoms with Gasteiger partial charge in [0.05, 0.1) is 17.5 Å². The number of halogens is 3. The summed E-state index contributed by atoms with van der Waals surface area (Å²) < 4.78 is 40.4. The molecular formula is C34H32F3N5O2. The summed E-state index contributed by atoms with van der Waals surface area (Å²) in [7, 11) is 2.09. The molecule has 0 unspecified atom stereocenters. The number of benzene rings is 3. The summed E-state index contributed by atoms with van der Waals surface area (Å²) >= 11 is 0. The van der Waals surface area contributed by atoms with Gasteiger partial charge in [-0.05, 0) is 72.3 Å². The lowest BCUT2D eigenvalue weighted by atomic mass is 9.78. The number of hydrogen-bond acceptors (Lipinski definition) is 5. The van der Waals surface area contributed by atoms with Crippen molar-refractivity contribution in [3.05, 3.63) is 125 Å². The highest BCUT2D eigenvalue weighted by molar-refractivity contribution is 6.04. The van der Waals surface area contributed by atoms with Crippen LogP contribution in [-0.2, 0) is 17.5 Å². The molecule has 0 aliphatic carbocycles. The van der Waals surface area contributed by atoms with E-state index in [4.69, 9.17) is 0 Å². The van der Waals surface area contributed by atoms with Crippen molar-refractivity contribution >= 4 is 23.2 Å². The van der Waals surface area contributed by atoms with Gasteiger partial charge in [0.15, 0.2) is 0 Å².